The first-order valence-electron chi connectivity index (χ1n) is 18.3. The van der Waals surface area contributed by atoms with Crippen molar-refractivity contribution in [3.8, 4) is 22.3 Å². The third-order valence-corrected chi connectivity index (χ3v) is 10.6. The average molecular weight is 677 g/mol. The molecule has 0 saturated carbocycles. The minimum Gasteiger partial charge on any atom is -0.359 e. The first-order valence-corrected chi connectivity index (χ1v) is 18.3. The zero-order chi connectivity index (χ0) is 35.1. The van der Waals surface area contributed by atoms with Crippen LogP contribution in [0.2, 0.25) is 0 Å². The molecule has 1 aliphatic heterocycles. The summed E-state index contributed by atoms with van der Waals surface area (Å²) in [6, 6.07) is 74.7. The molecule has 0 saturated heterocycles. The zero-order valence-corrected chi connectivity index (χ0v) is 29.2. The van der Waals surface area contributed by atoms with Crippen molar-refractivity contribution >= 4 is 49.4 Å². The van der Waals surface area contributed by atoms with Gasteiger partial charge in [0.1, 0.15) is 6.17 Å². The molecule has 0 aliphatic carbocycles. The number of benzene rings is 9. The molecule has 2 nitrogen and oxygen atoms in total. The summed E-state index contributed by atoms with van der Waals surface area (Å²) in [5.41, 5.74) is 11.9. The lowest BCUT2D eigenvalue weighted by molar-refractivity contribution is 0.679. The van der Waals surface area contributed by atoms with E-state index in [1.54, 1.807) is 0 Å². The largest absolute Gasteiger partial charge is 0.359 e. The van der Waals surface area contributed by atoms with Crippen LogP contribution in [0.25, 0.3) is 66.0 Å². The Morgan fingerprint density at radius 1 is 0.358 bits per heavy atom. The van der Waals surface area contributed by atoms with Gasteiger partial charge in [0.2, 0.25) is 0 Å². The number of hydrogen-bond acceptors (Lipinski definition) is 2. The second kappa shape index (κ2) is 13.0. The summed E-state index contributed by atoms with van der Waals surface area (Å²) in [7, 11) is 0. The average Bonchev–Trinajstić information content (AvgIpc) is 3.64. The molecule has 9 aromatic carbocycles. The first-order chi connectivity index (χ1) is 26.3. The summed E-state index contributed by atoms with van der Waals surface area (Å²) in [6.07, 6.45) is -0.0876. The second-order valence-electron chi connectivity index (χ2n) is 13.7. The molecule has 1 atom stereocenters. The highest BCUT2D eigenvalue weighted by Crippen LogP contribution is 2.47. The third-order valence-electron chi connectivity index (χ3n) is 10.6. The van der Waals surface area contributed by atoms with Gasteiger partial charge in [-0.3, -0.25) is 0 Å². The molecule has 1 N–H and O–H groups in total. The van der Waals surface area contributed by atoms with Gasteiger partial charge >= 0.3 is 0 Å². The van der Waals surface area contributed by atoms with Crippen molar-refractivity contribution in [2.24, 2.45) is 0 Å². The summed E-state index contributed by atoms with van der Waals surface area (Å²) in [6.45, 7) is 0. The fourth-order valence-electron chi connectivity index (χ4n) is 8.25. The molecule has 0 radical (unpaired) electrons. The van der Waals surface area contributed by atoms with Gasteiger partial charge in [-0.25, -0.2) is 0 Å². The van der Waals surface area contributed by atoms with E-state index in [2.05, 4.69) is 216 Å². The van der Waals surface area contributed by atoms with Gasteiger partial charge in [-0.15, -0.1) is 0 Å². The van der Waals surface area contributed by atoms with Gasteiger partial charge in [-0.2, -0.15) is 0 Å². The highest BCUT2D eigenvalue weighted by Gasteiger charge is 2.35. The summed E-state index contributed by atoms with van der Waals surface area (Å²) in [5, 5.41) is 11.5. The van der Waals surface area contributed by atoms with Crippen LogP contribution in [0.1, 0.15) is 22.9 Å². The van der Waals surface area contributed by atoms with Crippen LogP contribution >= 0.6 is 0 Å². The number of fused-ring (bicyclic) bond motifs is 3. The Morgan fingerprint density at radius 3 is 1.43 bits per heavy atom. The molecule has 1 heterocycles. The van der Waals surface area contributed by atoms with E-state index in [9.17, 15) is 0 Å². The first kappa shape index (κ1) is 30.9. The lowest BCUT2D eigenvalue weighted by Gasteiger charge is -2.30. The van der Waals surface area contributed by atoms with Crippen molar-refractivity contribution in [1.29, 1.82) is 0 Å². The lowest BCUT2D eigenvalue weighted by Crippen LogP contribution is -2.28. The van der Waals surface area contributed by atoms with E-state index >= 15 is 0 Å². The van der Waals surface area contributed by atoms with Gasteiger partial charge in [0, 0.05) is 11.3 Å². The molecule has 2 heteroatoms. The summed E-state index contributed by atoms with van der Waals surface area (Å²) in [4.78, 5) is 2.47. The van der Waals surface area contributed by atoms with Gasteiger partial charge in [0.25, 0.3) is 0 Å². The molecular weight excluding hydrogens is 641 g/mol. The molecule has 0 spiro atoms. The van der Waals surface area contributed by atoms with Crippen molar-refractivity contribution in [2.75, 3.05) is 4.90 Å². The Bertz CT molecular complexity index is 2730. The van der Waals surface area contributed by atoms with Gasteiger partial charge in [0.15, 0.2) is 0 Å². The van der Waals surface area contributed by atoms with E-state index in [1.807, 2.05) is 0 Å². The highest BCUT2D eigenvalue weighted by atomic mass is 15.3. The summed E-state index contributed by atoms with van der Waals surface area (Å²) in [5.74, 6) is 0. The standard InChI is InChI=1S/C51H36N2/c1-4-17-37(18-5-1)49-50(38-19-6-2-7-20-38)53(51(52-49)39-21-8-3-9-22-39)42-32-30-36(31-33-42)47-43-24-12-14-26-45(43)48(46-27-15-13-25-44(46)47)41-29-28-35-16-10-11-23-40(35)34-41/h1-34,51-52H. The van der Waals surface area contributed by atoms with Gasteiger partial charge in [0.05, 0.1) is 11.4 Å². The molecule has 0 fully saturated rings. The van der Waals surface area contributed by atoms with Crippen LogP contribution < -0.4 is 10.2 Å². The molecule has 250 valence electrons. The summed E-state index contributed by atoms with van der Waals surface area (Å²) >= 11 is 0. The molecule has 10 rings (SSSR count). The molecule has 1 aliphatic rings. The van der Waals surface area contributed by atoms with Crippen LogP contribution in [0, 0.1) is 0 Å². The van der Waals surface area contributed by atoms with Crippen molar-refractivity contribution in [1.82, 2.24) is 5.32 Å². The third kappa shape index (κ3) is 5.35. The molecular formula is C51H36N2. The maximum atomic E-state index is 3.95. The molecule has 0 aromatic heterocycles. The SMILES string of the molecule is c1ccc(C2=C(c3ccccc3)N(c3ccc(-c4c5ccccc5c(-c5ccc6ccccc6c5)c5ccccc45)cc3)C(c3ccccc3)N2)cc1. The Kier molecular flexibility index (Phi) is 7.58. The smallest absolute Gasteiger partial charge is 0.130 e. The van der Waals surface area contributed by atoms with Crippen LogP contribution in [0.3, 0.4) is 0 Å². The van der Waals surface area contributed by atoms with E-state index in [0.29, 0.717) is 0 Å². The number of nitrogens with one attached hydrogen (secondary N) is 1. The predicted molar refractivity (Wildman–Crippen MR) is 224 cm³/mol. The van der Waals surface area contributed by atoms with E-state index in [4.69, 9.17) is 0 Å². The zero-order valence-electron chi connectivity index (χ0n) is 29.2. The van der Waals surface area contributed by atoms with Crippen LogP contribution in [0.15, 0.2) is 206 Å². The van der Waals surface area contributed by atoms with Crippen molar-refractivity contribution in [3.63, 3.8) is 0 Å². The van der Waals surface area contributed by atoms with Gasteiger partial charge in [-0.1, -0.05) is 188 Å². The van der Waals surface area contributed by atoms with Gasteiger partial charge in [-0.05, 0) is 83.9 Å². The van der Waals surface area contributed by atoms with Crippen molar-refractivity contribution < 1.29 is 0 Å². The quantitative estimate of drug-likeness (QED) is 0.176. The highest BCUT2D eigenvalue weighted by molar-refractivity contribution is 6.21. The minimum absolute atomic E-state index is 0.0876. The fraction of sp³-hybridized carbons (Fsp3) is 0.0196. The molecule has 1 unspecified atom stereocenters. The van der Waals surface area contributed by atoms with E-state index in [1.165, 1.54) is 65.7 Å². The fourth-order valence-corrected chi connectivity index (χ4v) is 8.25. The van der Waals surface area contributed by atoms with E-state index in [-0.39, 0.29) is 6.17 Å². The van der Waals surface area contributed by atoms with Crippen molar-refractivity contribution in [2.45, 2.75) is 6.17 Å². The number of anilines is 1. The molecule has 53 heavy (non-hydrogen) atoms. The Labute approximate surface area is 309 Å². The Hall–Kier alpha value is -6.90. The van der Waals surface area contributed by atoms with Crippen LogP contribution in [0.5, 0.6) is 0 Å². The Balaban J connectivity index is 1.16. The van der Waals surface area contributed by atoms with E-state index in [0.717, 1.165) is 22.6 Å². The van der Waals surface area contributed by atoms with Gasteiger partial charge < -0.3 is 10.2 Å². The van der Waals surface area contributed by atoms with Crippen LogP contribution in [-0.4, -0.2) is 0 Å². The maximum absolute atomic E-state index is 3.95. The van der Waals surface area contributed by atoms with Crippen LogP contribution in [0.4, 0.5) is 5.69 Å². The number of rotatable bonds is 6. The van der Waals surface area contributed by atoms with E-state index < -0.39 is 0 Å². The molecule has 0 bridgehead atoms. The lowest BCUT2D eigenvalue weighted by atomic mass is 9.85. The second-order valence-corrected chi connectivity index (χ2v) is 13.7. The predicted octanol–water partition coefficient (Wildman–Crippen LogP) is 13.1. The van der Waals surface area contributed by atoms with Crippen LogP contribution in [-0.2, 0) is 0 Å². The minimum atomic E-state index is -0.0876. The topological polar surface area (TPSA) is 15.3 Å². The normalized spacial score (nSPS) is 14.3. The summed E-state index contributed by atoms with van der Waals surface area (Å²) < 4.78 is 0. The molecule has 0 amide bonds. The molecule has 9 aromatic rings. The number of nitrogens with zero attached hydrogens (tertiary/aromatic N) is 1. The monoisotopic (exact) mass is 676 g/mol. The van der Waals surface area contributed by atoms with Crippen molar-refractivity contribution in [3.05, 3.63) is 223 Å². The maximum Gasteiger partial charge on any atom is 0.130 e. The number of hydrogen-bond donors (Lipinski definition) is 1. The Morgan fingerprint density at radius 2 is 0.830 bits per heavy atom.